The van der Waals surface area contributed by atoms with Crippen LogP contribution in [0, 0.1) is 19.8 Å². The van der Waals surface area contributed by atoms with Gasteiger partial charge in [-0.05, 0) is 69.1 Å². The van der Waals surface area contributed by atoms with Gasteiger partial charge in [-0.1, -0.05) is 41.4 Å². The molecule has 0 aliphatic carbocycles. The Balaban J connectivity index is 1.40. The number of aryl methyl sites for hydroxylation is 2. The molecule has 1 aliphatic heterocycles. The first-order valence-electron chi connectivity index (χ1n) is 10.0. The van der Waals surface area contributed by atoms with Gasteiger partial charge in [-0.2, -0.15) is 0 Å². The zero-order chi connectivity index (χ0) is 20.8. The monoisotopic (exact) mass is 413 g/mol. The maximum absolute atomic E-state index is 12.4. The molecule has 29 heavy (non-hydrogen) atoms. The van der Waals surface area contributed by atoms with Gasteiger partial charge in [-0.3, -0.25) is 14.5 Å². The number of piperidine rings is 1. The molecule has 0 atom stereocenters. The predicted molar refractivity (Wildman–Crippen MR) is 117 cm³/mol. The molecule has 1 aliphatic rings. The van der Waals surface area contributed by atoms with Crippen molar-refractivity contribution in [3.63, 3.8) is 0 Å². The van der Waals surface area contributed by atoms with Gasteiger partial charge in [-0.15, -0.1) is 0 Å². The summed E-state index contributed by atoms with van der Waals surface area (Å²) in [4.78, 5) is 26.9. The van der Waals surface area contributed by atoms with Crippen molar-refractivity contribution >= 4 is 29.1 Å². The summed E-state index contributed by atoms with van der Waals surface area (Å²) in [6.45, 7) is 6.39. The standard InChI is InChI=1S/C23H28ClN3O2/c1-16-3-8-21(17(2)13-16)26-22(28)15-27-11-9-19(10-12-27)23(29)25-14-18-4-6-20(24)7-5-18/h3-8,13,19H,9-12,14-15H2,1-2H3,(H,25,29)(H,26,28). The van der Waals surface area contributed by atoms with Crippen LogP contribution < -0.4 is 10.6 Å². The predicted octanol–water partition coefficient (Wildman–Crippen LogP) is 3.92. The molecule has 0 bridgehead atoms. The second-order valence-electron chi connectivity index (χ2n) is 7.76. The molecule has 0 aromatic heterocycles. The van der Waals surface area contributed by atoms with Crippen LogP contribution in [0.3, 0.4) is 0 Å². The fourth-order valence-corrected chi connectivity index (χ4v) is 3.76. The number of benzene rings is 2. The number of hydrogen-bond acceptors (Lipinski definition) is 3. The third kappa shape index (κ3) is 6.31. The molecule has 1 fully saturated rings. The van der Waals surface area contributed by atoms with Crippen LogP contribution in [0.2, 0.25) is 5.02 Å². The molecule has 0 radical (unpaired) electrons. The molecule has 0 unspecified atom stereocenters. The molecular weight excluding hydrogens is 386 g/mol. The lowest BCUT2D eigenvalue weighted by molar-refractivity contribution is -0.126. The highest BCUT2D eigenvalue weighted by molar-refractivity contribution is 6.30. The van der Waals surface area contributed by atoms with Crippen molar-refractivity contribution in [2.45, 2.75) is 33.2 Å². The number of halogens is 1. The lowest BCUT2D eigenvalue weighted by Gasteiger charge is -2.30. The summed E-state index contributed by atoms with van der Waals surface area (Å²) in [7, 11) is 0. The lowest BCUT2D eigenvalue weighted by atomic mass is 9.96. The molecule has 2 aromatic carbocycles. The molecule has 5 nitrogen and oxygen atoms in total. The topological polar surface area (TPSA) is 61.4 Å². The number of rotatable bonds is 6. The smallest absolute Gasteiger partial charge is 0.238 e. The SMILES string of the molecule is Cc1ccc(NC(=O)CN2CCC(C(=O)NCc3ccc(Cl)cc3)CC2)c(C)c1. The molecular formula is C23H28ClN3O2. The highest BCUT2D eigenvalue weighted by Crippen LogP contribution is 2.19. The van der Waals surface area contributed by atoms with Gasteiger partial charge in [0.2, 0.25) is 11.8 Å². The third-order valence-corrected chi connectivity index (χ3v) is 5.61. The lowest BCUT2D eigenvalue weighted by Crippen LogP contribution is -2.43. The van der Waals surface area contributed by atoms with Crippen molar-refractivity contribution in [3.8, 4) is 0 Å². The Morgan fingerprint density at radius 3 is 2.41 bits per heavy atom. The van der Waals surface area contributed by atoms with Crippen LogP contribution in [0.1, 0.15) is 29.5 Å². The van der Waals surface area contributed by atoms with Crippen molar-refractivity contribution in [2.75, 3.05) is 25.0 Å². The van der Waals surface area contributed by atoms with Crippen molar-refractivity contribution in [1.29, 1.82) is 0 Å². The van der Waals surface area contributed by atoms with Gasteiger partial charge in [-0.25, -0.2) is 0 Å². The van der Waals surface area contributed by atoms with E-state index in [0.717, 1.165) is 42.7 Å². The summed E-state index contributed by atoms with van der Waals surface area (Å²) >= 11 is 5.88. The maximum atomic E-state index is 12.4. The minimum atomic E-state index is -0.0115. The summed E-state index contributed by atoms with van der Waals surface area (Å²) in [5.41, 5.74) is 4.13. The molecule has 2 N–H and O–H groups in total. The number of carbonyl (C=O) groups is 2. The average molecular weight is 414 g/mol. The number of likely N-dealkylation sites (tertiary alicyclic amines) is 1. The summed E-state index contributed by atoms with van der Waals surface area (Å²) in [6.07, 6.45) is 1.53. The fourth-order valence-electron chi connectivity index (χ4n) is 3.64. The molecule has 154 valence electrons. The van der Waals surface area contributed by atoms with Crippen molar-refractivity contribution in [2.24, 2.45) is 5.92 Å². The van der Waals surface area contributed by atoms with Gasteiger partial charge >= 0.3 is 0 Å². The van der Waals surface area contributed by atoms with Crippen LogP contribution in [-0.4, -0.2) is 36.3 Å². The first kappa shape index (κ1) is 21.3. The maximum Gasteiger partial charge on any atom is 0.238 e. The zero-order valence-electron chi connectivity index (χ0n) is 17.0. The molecule has 1 saturated heterocycles. The van der Waals surface area contributed by atoms with E-state index >= 15 is 0 Å². The van der Waals surface area contributed by atoms with Crippen LogP contribution in [0.4, 0.5) is 5.69 Å². The van der Waals surface area contributed by atoms with E-state index in [0.29, 0.717) is 18.1 Å². The summed E-state index contributed by atoms with van der Waals surface area (Å²) < 4.78 is 0. The van der Waals surface area contributed by atoms with E-state index in [1.807, 2.05) is 50.2 Å². The Hall–Kier alpha value is -2.37. The molecule has 3 rings (SSSR count). The van der Waals surface area contributed by atoms with Crippen LogP contribution in [0.5, 0.6) is 0 Å². The van der Waals surface area contributed by atoms with Gasteiger partial charge in [0.05, 0.1) is 6.54 Å². The second-order valence-corrected chi connectivity index (χ2v) is 8.20. The summed E-state index contributed by atoms with van der Waals surface area (Å²) in [5, 5.41) is 6.69. The quantitative estimate of drug-likeness (QED) is 0.754. The Morgan fingerprint density at radius 2 is 1.76 bits per heavy atom. The van der Waals surface area contributed by atoms with Crippen LogP contribution in [0.25, 0.3) is 0 Å². The molecule has 1 heterocycles. The number of anilines is 1. The van der Waals surface area contributed by atoms with Gasteiger partial charge in [0, 0.05) is 23.2 Å². The minimum absolute atomic E-state index is 0.000884. The van der Waals surface area contributed by atoms with E-state index in [9.17, 15) is 9.59 Å². The van der Waals surface area contributed by atoms with E-state index in [1.165, 1.54) is 5.56 Å². The van der Waals surface area contributed by atoms with Gasteiger partial charge in [0.15, 0.2) is 0 Å². The van der Waals surface area contributed by atoms with E-state index in [4.69, 9.17) is 11.6 Å². The number of hydrogen-bond donors (Lipinski definition) is 2. The van der Waals surface area contributed by atoms with Gasteiger partial charge in [0.1, 0.15) is 0 Å². The van der Waals surface area contributed by atoms with E-state index in [2.05, 4.69) is 21.6 Å². The molecule has 6 heteroatoms. The molecule has 2 aromatic rings. The summed E-state index contributed by atoms with van der Waals surface area (Å²) in [6, 6.07) is 13.5. The van der Waals surface area contributed by atoms with Crippen LogP contribution >= 0.6 is 11.6 Å². The molecule has 2 amide bonds. The Labute approximate surface area is 177 Å². The highest BCUT2D eigenvalue weighted by Gasteiger charge is 2.25. The number of nitrogens with one attached hydrogen (secondary N) is 2. The third-order valence-electron chi connectivity index (χ3n) is 5.36. The first-order chi connectivity index (χ1) is 13.9. The van der Waals surface area contributed by atoms with Gasteiger partial charge in [0.25, 0.3) is 0 Å². The number of nitrogens with zero attached hydrogens (tertiary/aromatic N) is 1. The zero-order valence-corrected chi connectivity index (χ0v) is 17.8. The Morgan fingerprint density at radius 1 is 1.07 bits per heavy atom. The first-order valence-corrected chi connectivity index (χ1v) is 10.4. The summed E-state index contributed by atoms with van der Waals surface area (Å²) in [5.74, 6) is 0.0721. The average Bonchev–Trinajstić information content (AvgIpc) is 2.70. The van der Waals surface area contributed by atoms with Crippen molar-refractivity contribution in [3.05, 3.63) is 64.2 Å². The molecule has 0 spiro atoms. The van der Waals surface area contributed by atoms with E-state index in [-0.39, 0.29) is 17.7 Å². The minimum Gasteiger partial charge on any atom is -0.352 e. The van der Waals surface area contributed by atoms with Crippen LogP contribution in [0.15, 0.2) is 42.5 Å². The second kappa shape index (κ2) is 9.90. The van der Waals surface area contributed by atoms with E-state index in [1.54, 1.807) is 0 Å². The van der Waals surface area contributed by atoms with Crippen molar-refractivity contribution in [1.82, 2.24) is 10.2 Å². The van der Waals surface area contributed by atoms with Crippen molar-refractivity contribution < 1.29 is 9.59 Å². The van der Waals surface area contributed by atoms with Crippen LogP contribution in [-0.2, 0) is 16.1 Å². The Kier molecular flexibility index (Phi) is 7.29. The number of amides is 2. The molecule has 0 saturated carbocycles. The van der Waals surface area contributed by atoms with E-state index < -0.39 is 0 Å². The fraction of sp³-hybridized carbons (Fsp3) is 0.391. The Bertz CT molecular complexity index is 859. The number of carbonyl (C=O) groups excluding carboxylic acids is 2. The highest BCUT2D eigenvalue weighted by atomic mass is 35.5. The largest absolute Gasteiger partial charge is 0.352 e. The normalized spacial score (nSPS) is 15.1. The van der Waals surface area contributed by atoms with Gasteiger partial charge < -0.3 is 10.6 Å².